The first-order chi connectivity index (χ1) is 13.5. The van der Waals surface area contributed by atoms with Crippen molar-refractivity contribution in [2.45, 2.75) is 33.1 Å². The molecule has 154 valence electrons. The predicted octanol–water partition coefficient (Wildman–Crippen LogP) is 2.56. The minimum Gasteiger partial charge on any atom is -0.382 e. The Balaban J connectivity index is 1.50. The van der Waals surface area contributed by atoms with E-state index in [-0.39, 0.29) is 17.7 Å². The lowest BCUT2D eigenvalue weighted by atomic mass is 9.96. The summed E-state index contributed by atoms with van der Waals surface area (Å²) in [5.74, 6) is 0.434. The standard InChI is InChI=1S/C22H32N2O4/c1-16-4-5-20(12-17(16)2)24-14-19(13-21(24)25)22(26)23-8-6-18(7-9-23)15-28-11-10-27-3/h4-5,12,18-19H,6-11,13-15H2,1-3H3. The average molecular weight is 389 g/mol. The molecule has 0 bridgehead atoms. The molecule has 2 saturated heterocycles. The Morgan fingerprint density at radius 2 is 1.89 bits per heavy atom. The van der Waals surface area contributed by atoms with Gasteiger partial charge in [0, 0.05) is 45.5 Å². The van der Waals surface area contributed by atoms with Crippen molar-refractivity contribution in [2.75, 3.05) is 51.5 Å². The van der Waals surface area contributed by atoms with Gasteiger partial charge in [-0.15, -0.1) is 0 Å². The molecule has 2 fully saturated rings. The summed E-state index contributed by atoms with van der Waals surface area (Å²) in [6.45, 7) is 8.07. The fourth-order valence-corrected chi connectivity index (χ4v) is 3.99. The van der Waals surface area contributed by atoms with E-state index in [1.807, 2.05) is 30.0 Å². The lowest BCUT2D eigenvalue weighted by Crippen LogP contribution is -2.43. The second-order valence-electron chi connectivity index (χ2n) is 8.01. The lowest BCUT2D eigenvalue weighted by molar-refractivity contribution is -0.137. The molecule has 0 aromatic heterocycles. The molecule has 1 aromatic carbocycles. The van der Waals surface area contributed by atoms with Crippen molar-refractivity contribution in [3.8, 4) is 0 Å². The summed E-state index contributed by atoms with van der Waals surface area (Å²) >= 11 is 0. The lowest BCUT2D eigenvalue weighted by Gasteiger charge is -2.33. The highest BCUT2D eigenvalue weighted by molar-refractivity contribution is 6.00. The van der Waals surface area contributed by atoms with Gasteiger partial charge in [0.15, 0.2) is 0 Å². The van der Waals surface area contributed by atoms with E-state index < -0.39 is 0 Å². The van der Waals surface area contributed by atoms with Gasteiger partial charge in [-0.1, -0.05) is 6.07 Å². The molecule has 3 rings (SSSR count). The van der Waals surface area contributed by atoms with Gasteiger partial charge in [0.05, 0.1) is 19.1 Å². The van der Waals surface area contributed by atoms with Gasteiger partial charge in [-0.3, -0.25) is 9.59 Å². The Bertz CT molecular complexity index is 698. The number of carbonyl (C=O) groups is 2. The van der Waals surface area contributed by atoms with Gasteiger partial charge >= 0.3 is 0 Å². The maximum absolute atomic E-state index is 12.9. The van der Waals surface area contributed by atoms with E-state index in [1.54, 1.807) is 12.0 Å². The van der Waals surface area contributed by atoms with Crippen LogP contribution >= 0.6 is 0 Å². The van der Waals surface area contributed by atoms with E-state index in [0.29, 0.717) is 32.1 Å². The summed E-state index contributed by atoms with van der Waals surface area (Å²) in [6, 6.07) is 6.05. The van der Waals surface area contributed by atoms with Crippen LogP contribution in [0.25, 0.3) is 0 Å². The molecule has 1 atom stereocenters. The molecule has 2 amide bonds. The molecule has 1 unspecified atom stereocenters. The number of anilines is 1. The summed E-state index contributed by atoms with van der Waals surface area (Å²) in [7, 11) is 1.67. The topological polar surface area (TPSA) is 59.1 Å². The monoisotopic (exact) mass is 388 g/mol. The zero-order valence-electron chi connectivity index (χ0n) is 17.3. The smallest absolute Gasteiger partial charge is 0.228 e. The third-order valence-corrected chi connectivity index (χ3v) is 5.99. The van der Waals surface area contributed by atoms with Gasteiger partial charge in [-0.2, -0.15) is 0 Å². The summed E-state index contributed by atoms with van der Waals surface area (Å²) < 4.78 is 10.6. The van der Waals surface area contributed by atoms with Crippen LogP contribution in [0.1, 0.15) is 30.4 Å². The number of aryl methyl sites for hydroxylation is 2. The molecule has 2 aliphatic rings. The second kappa shape index (κ2) is 9.52. The SMILES string of the molecule is COCCOCC1CCN(C(=O)C2CC(=O)N(c3ccc(C)c(C)c3)C2)CC1. The van der Waals surface area contributed by atoms with E-state index in [4.69, 9.17) is 9.47 Å². The summed E-state index contributed by atoms with van der Waals surface area (Å²) in [6.07, 6.45) is 2.23. The van der Waals surface area contributed by atoms with E-state index >= 15 is 0 Å². The van der Waals surface area contributed by atoms with Crippen molar-refractivity contribution in [2.24, 2.45) is 11.8 Å². The number of hydrogen-bond acceptors (Lipinski definition) is 4. The Morgan fingerprint density at radius 1 is 1.14 bits per heavy atom. The fraction of sp³-hybridized carbons (Fsp3) is 0.636. The number of ether oxygens (including phenoxy) is 2. The minimum atomic E-state index is -0.233. The number of carbonyl (C=O) groups excluding carboxylic acids is 2. The van der Waals surface area contributed by atoms with Crippen LogP contribution in [-0.4, -0.2) is 63.3 Å². The van der Waals surface area contributed by atoms with Crippen molar-refractivity contribution in [3.63, 3.8) is 0 Å². The molecule has 28 heavy (non-hydrogen) atoms. The zero-order valence-corrected chi connectivity index (χ0v) is 17.3. The van der Waals surface area contributed by atoms with Crippen LogP contribution in [0.5, 0.6) is 0 Å². The van der Waals surface area contributed by atoms with E-state index in [2.05, 4.69) is 6.92 Å². The van der Waals surface area contributed by atoms with Crippen LogP contribution in [0.2, 0.25) is 0 Å². The third kappa shape index (κ3) is 4.92. The van der Waals surface area contributed by atoms with Crippen molar-refractivity contribution in [3.05, 3.63) is 29.3 Å². The first-order valence-corrected chi connectivity index (χ1v) is 10.2. The van der Waals surface area contributed by atoms with Gasteiger partial charge in [-0.05, 0) is 55.9 Å². The quantitative estimate of drug-likeness (QED) is 0.674. The summed E-state index contributed by atoms with van der Waals surface area (Å²) in [5, 5.41) is 0. The molecule has 2 aliphatic heterocycles. The highest BCUT2D eigenvalue weighted by atomic mass is 16.5. The maximum Gasteiger partial charge on any atom is 0.228 e. The Morgan fingerprint density at radius 3 is 2.57 bits per heavy atom. The van der Waals surface area contributed by atoms with Gasteiger partial charge < -0.3 is 19.3 Å². The fourth-order valence-electron chi connectivity index (χ4n) is 3.99. The molecule has 2 heterocycles. The normalized spacial score (nSPS) is 20.8. The van der Waals surface area contributed by atoms with Gasteiger partial charge in [-0.25, -0.2) is 0 Å². The van der Waals surface area contributed by atoms with Crippen molar-refractivity contribution < 1.29 is 19.1 Å². The number of hydrogen-bond donors (Lipinski definition) is 0. The Labute approximate surface area is 167 Å². The van der Waals surface area contributed by atoms with Crippen molar-refractivity contribution in [1.29, 1.82) is 0 Å². The number of nitrogens with zero attached hydrogens (tertiary/aromatic N) is 2. The summed E-state index contributed by atoms with van der Waals surface area (Å²) in [4.78, 5) is 29.2. The highest BCUT2D eigenvalue weighted by Crippen LogP contribution is 2.29. The van der Waals surface area contributed by atoms with Crippen LogP contribution in [-0.2, 0) is 19.1 Å². The van der Waals surface area contributed by atoms with Crippen LogP contribution in [0, 0.1) is 25.7 Å². The van der Waals surface area contributed by atoms with E-state index in [1.165, 1.54) is 5.56 Å². The molecular weight excluding hydrogens is 356 g/mol. The second-order valence-corrected chi connectivity index (χ2v) is 8.01. The number of benzene rings is 1. The Kier molecular flexibility index (Phi) is 7.08. The van der Waals surface area contributed by atoms with Crippen molar-refractivity contribution in [1.82, 2.24) is 4.90 Å². The predicted molar refractivity (Wildman–Crippen MR) is 108 cm³/mol. The number of amides is 2. The molecule has 0 aliphatic carbocycles. The maximum atomic E-state index is 12.9. The van der Waals surface area contributed by atoms with Crippen LogP contribution in [0.3, 0.4) is 0 Å². The Hall–Kier alpha value is -1.92. The molecule has 0 spiro atoms. The minimum absolute atomic E-state index is 0.0445. The molecule has 0 radical (unpaired) electrons. The third-order valence-electron chi connectivity index (χ3n) is 5.99. The number of rotatable bonds is 7. The number of methoxy groups -OCH3 is 1. The number of likely N-dealkylation sites (tertiary alicyclic amines) is 1. The van der Waals surface area contributed by atoms with E-state index in [0.717, 1.165) is 43.8 Å². The van der Waals surface area contributed by atoms with Crippen LogP contribution < -0.4 is 4.90 Å². The molecular formula is C22H32N2O4. The van der Waals surface area contributed by atoms with Crippen molar-refractivity contribution >= 4 is 17.5 Å². The highest BCUT2D eigenvalue weighted by Gasteiger charge is 2.38. The molecule has 0 saturated carbocycles. The largest absolute Gasteiger partial charge is 0.382 e. The molecule has 6 heteroatoms. The molecule has 1 aromatic rings. The molecule has 0 N–H and O–H groups in total. The van der Waals surface area contributed by atoms with Gasteiger partial charge in [0.2, 0.25) is 11.8 Å². The van der Waals surface area contributed by atoms with E-state index in [9.17, 15) is 9.59 Å². The van der Waals surface area contributed by atoms with Crippen LogP contribution in [0.15, 0.2) is 18.2 Å². The zero-order chi connectivity index (χ0) is 20.1. The van der Waals surface area contributed by atoms with Gasteiger partial charge in [0.25, 0.3) is 0 Å². The molecule has 6 nitrogen and oxygen atoms in total. The van der Waals surface area contributed by atoms with Gasteiger partial charge in [0.1, 0.15) is 0 Å². The first kappa shape index (κ1) is 20.8. The summed E-state index contributed by atoms with van der Waals surface area (Å²) in [5.41, 5.74) is 3.27. The average Bonchev–Trinajstić information content (AvgIpc) is 3.09. The number of piperidine rings is 1. The first-order valence-electron chi connectivity index (χ1n) is 10.2. The van der Waals surface area contributed by atoms with Crippen LogP contribution in [0.4, 0.5) is 5.69 Å².